The van der Waals surface area contributed by atoms with Crippen LogP contribution >= 0.6 is 11.8 Å². The molecule has 0 aliphatic carbocycles. The van der Waals surface area contributed by atoms with Crippen molar-refractivity contribution in [3.63, 3.8) is 0 Å². The Bertz CT molecular complexity index is 658. The number of piperazine rings is 1. The molecule has 1 unspecified atom stereocenters. The van der Waals surface area contributed by atoms with Crippen LogP contribution in [0.4, 0.5) is 0 Å². The fourth-order valence-electron chi connectivity index (χ4n) is 3.10. The van der Waals surface area contributed by atoms with Crippen molar-refractivity contribution in [2.75, 3.05) is 33.0 Å². The normalized spacial score (nSPS) is 19.0. The van der Waals surface area contributed by atoms with Gasteiger partial charge in [0.2, 0.25) is 0 Å². The number of benzene rings is 1. The minimum absolute atomic E-state index is 0.301. The Labute approximate surface area is 142 Å². The van der Waals surface area contributed by atoms with Crippen molar-refractivity contribution in [2.24, 2.45) is 7.05 Å². The first-order valence-corrected chi connectivity index (χ1v) is 9.08. The summed E-state index contributed by atoms with van der Waals surface area (Å²) in [6.07, 6.45) is 5.96. The number of hydrogen-bond donors (Lipinski definition) is 1. The van der Waals surface area contributed by atoms with Crippen molar-refractivity contribution in [3.8, 4) is 5.75 Å². The summed E-state index contributed by atoms with van der Waals surface area (Å²) in [5, 5.41) is 3.48. The molecule has 1 N–H and O–H groups in total. The third kappa shape index (κ3) is 3.54. The number of imidazole rings is 1. The van der Waals surface area contributed by atoms with Crippen LogP contribution in [0, 0.1) is 0 Å². The number of aryl methyl sites for hydroxylation is 1. The summed E-state index contributed by atoms with van der Waals surface area (Å²) in [5.41, 5.74) is 1.28. The van der Waals surface area contributed by atoms with Crippen LogP contribution in [-0.4, -0.2) is 47.5 Å². The number of hydrogen-bond acceptors (Lipinski definition) is 5. The molecule has 0 spiro atoms. The van der Waals surface area contributed by atoms with Gasteiger partial charge in [-0.1, -0.05) is 6.07 Å². The second kappa shape index (κ2) is 7.38. The molecule has 1 atom stereocenters. The lowest BCUT2D eigenvalue weighted by molar-refractivity contribution is 0.144. The summed E-state index contributed by atoms with van der Waals surface area (Å²) in [6, 6.07) is 6.81. The molecule has 0 saturated carbocycles. The van der Waals surface area contributed by atoms with Crippen LogP contribution in [0.5, 0.6) is 5.75 Å². The lowest BCUT2D eigenvalue weighted by Gasteiger charge is -2.35. The van der Waals surface area contributed by atoms with E-state index in [0.29, 0.717) is 6.04 Å². The number of aromatic nitrogens is 2. The van der Waals surface area contributed by atoms with E-state index in [2.05, 4.69) is 51.3 Å². The van der Waals surface area contributed by atoms with E-state index in [1.54, 1.807) is 18.9 Å². The van der Waals surface area contributed by atoms with Crippen LogP contribution in [0.2, 0.25) is 0 Å². The molecule has 1 fully saturated rings. The third-order valence-corrected chi connectivity index (χ3v) is 5.12. The van der Waals surface area contributed by atoms with Gasteiger partial charge in [0.25, 0.3) is 0 Å². The van der Waals surface area contributed by atoms with E-state index in [1.165, 1.54) is 10.5 Å². The van der Waals surface area contributed by atoms with Crippen LogP contribution in [0.1, 0.15) is 17.4 Å². The van der Waals surface area contributed by atoms with Crippen LogP contribution in [0.15, 0.2) is 35.5 Å². The van der Waals surface area contributed by atoms with Gasteiger partial charge < -0.3 is 14.6 Å². The predicted molar refractivity (Wildman–Crippen MR) is 94.0 cm³/mol. The van der Waals surface area contributed by atoms with Crippen LogP contribution in [0.25, 0.3) is 0 Å². The second-order valence-electron chi connectivity index (χ2n) is 5.78. The first kappa shape index (κ1) is 16.4. The Morgan fingerprint density at radius 2 is 2.30 bits per heavy atom. The highest BCUT2D eigenvalue weighted by atomic mass is 32.2. The highest BCUT2D eigenvalue weighted by Crippen LogP contribution is 2.30. The Balaban J connectivity index is 1.81. The van der Waals surface area contributed by atoms with E-state index in [4.69, 9.17) is 4.74 Å². The van der Waals surface area contributed by atoms with Gasteiger partial charge in [0, 0.05) is 50.5 Å². The van der Waals surface area contributed by atoms with Gasteiger partial charge in [0.05, 0.1) is 13.2 Å². The number of thioether (sulfide) groups is 1. The molecule has 6 heteroatoms. The van der Waals surface area contributed by atoms with E-state index in [0.717, 1.165) is 37.8 Å². The lowest BCUT2D eigenvalue weighted by Crippen LogP contribution is -2.46. The number of methoxy groups -OCH3 is 1. The SMILES string of the molecule is COc1cc(CN2CCNCC2c2nccn2C)ccc1SC. The first-order valence-electron chi connectivity index (χ1n) is 7.86. The number of ether oxygens (including phenoxy) is 1. The van der Waals surface area contributed by atoms with Gasteiger partial charge >= 0.3 is 0 Å². The maximum absolute atomic E-state index is 5.52. The fourth-order valence-corrected chi connectivity index (χ4v) is 3.65. The van der Waals surface area contributed by atoms with Gasteiger partial charge in [0.15, 0.2) is 0 Å². The zero-order chi connectivity index (χ0) is 16.2. The van der Waals surface area contributed by atoms with Crippen molar-refractivity contribution in [1.82, 2.24) is 19.8 Å². The Morgan fingerprint density at radius 3 is 3.00 bits per heavy atom. The molecule has 0 radical (unpaired) electrons. The molecule has 0 bridgehead atoms. The molecule has 1 saturated heterocycles. The third-order valence-electron chi connectivity index (χ3n) is 4.34. The van der Waals surface area contributed by atoms with E-state index >= 15 is 0 Å². The van der Waals surface area contributed by atoms with Crippen LogP contribution < -0.4 is 10.1 Å². The largest absolute Gasteiger partial charge is 0.496 e. The second-order valence-corrected chi connectivity index (χ2v) is 6.62. The summed E-state index contributed by atoms with van der Waals surface area (Å²) in [4.78, 5) is 8.22. The predicted octanol–water partition coefficient (Wildman–Crippen LogP) is 2.30. The highest BCUT2D eigenvalue weighted by Gasteiger charge is 2.26. The van der Waals surface area contributed by atoms with Gasteiger partial charge in [-0.15, -0.1) is 11.8 Å². The monoisotopic (exact) mass is 332 g/mol. The number of nitrogens with zero attached hydrogens (tertiary/aromatic N) is 3. The molecule has 1 aliphatic heterocycles. The minimum atomic E-state index is 0.301. The lowest BCUT2D eigenvalue weighted by atomic mass is 10.1. The average Bonchev–Trinajstić information content (AvgIpc) is 3.01. The Kier molecular flexibility index (Phi) is 5.25. The first-order chi connectivity index (χ1) is 11.2. The molecule has 0 amide bonds. The molecular weight excluding hydrogens is 308 g/mol. The molecule has 2 heterocycles. The topological polar surface area (TPSA) is 42.3 Å². The van der Waals surface area contributed by atoms with Crippen molar-refractivity contribution < 1.29 is 4.74 Å². The van der Waals surface area contributed by atoms with E-state index < -0.39 is 0 Å². The van der Waals surface area contributed by atoms with E-state index in [1.807, 2.05) is 12.4 Å². The quantitative estimate of drug-likeness (QED) is 0.851. The standard InChI is InChI=1S/C17H24N4OS/c1-20-8-7-19-17(20)14-11-18-6-9-21(14)12-13-4-5-16(23-3)15(10-13)22-2/h4-5,7-8,10,14,18H,6,9,11-12H2,1-3H3. The van der Waals surface area contributed by atoms with Crippen molar-refractivity contribution in [3.05, 3.63) is 42.0 Å². The Morgan fingerprint density at radius 1 is 1.43 bits per heavy atom. The summed E-state index contributed by atoms with van der Waals surface area (Å²) in [6.45, 7) is 3.88. The Hall–Kier alpha value is -1.50. The van der Waals surface area contributed by atoms with E-state index in [9.17, 15) is 0 Å². The summed E-state index contributed by atoms with van der Waals surface area (Å²) >= 11 is 1.71. The molecule has 124 valence electrons. The summed E-state index contributed by atoms with van der Waals surface area (Å²) in [7, 11) is 3.80. The molecule has 23 heavy (non-hydrogen) atoms. The highest BCUT2D eigenvalue weighted by molar-refractivity contribution is 7.98. The van der Waals surface area contributed by atoms with Crippen molar-refractivity contribution >= 4 is 11.8 Å². The average molecular weight is 332 g/mol. The van der Waals surface area contributed by atoms with Gasteiger partial charge in [-0.3, -0.25) is 4.90 Å². The van der Waals surface area contributed by atoms with Crippen LogP contribution in [-0.2, 0) is 13.6 Å². The van der Waals surface area contributed by atoms with Gasteiger partial charge in [-0.05, 0) is 24.0 Å². The molecule has 1 aliphatic rings. The fraction of sp³-hybridized carbons (Fsp3) is 0.471. The van der Waals surface area contributed by atoms with Gasteiger partial charge in [-0.2, -0.15) is 0 Å². The zero-order valence-corrected chi connectivity index (χ0v) is 14.8. The summed E-state index contributed by atoms with van der Waals surface area (Å²) in [5.74, 6) is 2.07. The molecular formula is C17H24N4OS. The van der Waals surface area contributed by atoms with Crippen molar-refractivity contribution in [2.45, 2.75) is 17.5 Å². The zero-order valence-electron chi connectivity index (χ0n) is 14.0. The number of nitrogens with one attached hydrogen (secondary N) is 1. The smallest absolute Gasteiger partial charge is 0.132 e. The minimum Gasteiger partial charge on any atom is -0.496 e. The van der Waals surface area contributed by atoms with Crippen LogP contribution in [0.3, 0.4) is 0 Å². The van der Waals surface area contributed by atoms with E-state index in [-0.39, 0.29) is 0 Å². The van der Waals surface area contributed by atoms with Crippen molar-refractivity contribution in [1.29, 1.82) is 0 Å². The summed E-state index contributed by atoms with van der Waals surface area (Å²) < 4.78 is 7.63. The molecule has 1 aromatic carbocycles. The molecule has 3 rings (SSSR count). The molecule has 2 aromatic rings. The van der Waals surface area contributed by atoms with Gasteiger partial charge in [-0.25, -0.2) is 4.98 Å². The van der Waals surface area contributed by atoms with Gasteiger partial charge in [0.1, 0.15) is 11.6 Å². The molecule has 1 aromatic heterocycles. The maximum Gasteiger partial charge on any atom is 0.132 e. The molecule has 5 nitrogen and oxygen atoms in total. The number of rotatable bonds is 5. The maximum atomic E-state index is 5.52.